The maximum atomic E-state index is 13.3. The fourth-order valence-electron chi connectivity index (χ4n) is 1.52. The van der Waals surface area contributed by atoms with Crippen molar-refractivity contribution in [3.8, 4) is 0 Å². The molecule has 1 aromatic carbocycles. The molecule has 1 heterocycles. The van der Waals surface area contributed by atoms with E-state index >= 15 is 0 Å². The Morgan fingerprint density at radius 2 is 2.06 bits per heavy atom. The zero-order valence-electron chi connectivity index (χ0n) is 9.16. The Hall–Kier alpha value is -1.62. The normalized spacial score (nSPS) is 10.4. The number of pyridine rings is 1. The van der Waals surface area contributed by atoms with Crippen molar-refractivity contribution in [2.24, 2.45) is 0 Å². The van der Waals surface area contributed by atoms with Gasteiger partial charge in [0.2, 0.25) is 0 Å². The van der Waals surface area contributed by atoms with Gasteiger partial charge in [0, 0.05) is 18.2 Å². The molecular weight excluding hydrogens is 304 g/mol. The van der Waals surface area contributed by atoms with Crippen LogP contribution in [0.2, 0.25) is 0 Å². The number of ketones is 1. The lowest BCUT2D eigenvalue weighted by molar-refractivity contribution is 0.0992. The lowest BCUT2D eigenvalue weighted by atomic mass is 10.0. The highest BCUT2D eigenvalue weighted by Gasteiger charge is 2.12. The average Bonchev–Trinajstić information content (AvgIpc) is 2.35. The van der Waals surface area contributed by atoms with Crippen LogP contribution in [-0.4, -0.2) is 10.8 Å². The van der Waals surface area contributed by atoms with Gasteiger partial charge in [-0.25, -0.2) is 8.78 Å². The van der Waals surface area contributed by atoms with Crippen molar-refractivity contribution < 1.29 is 13.6 Å². The Balaban J connectivity index is 2.24. The van der Waals surface area contributed by atoms with Crippen molar-refractivity contribution in [1.82, 2.24) is 4.98 Å². The molecule has 0 radical (unpaired) electrons. The van der Waals surface area contributed by atoms with Crippen molar-refractivity contribution in [2.45, 2.75) is 6.42 Å². The van der Waals surface area contributed by atoms with Gasteiger partial charge in [0.15, 0.2) is 5.78 Å². The van der Waals surface area contributed by atoms with Crippen LogP contribution in [-0.2, 0) is 6.42 Å². The second-order valence-electron chi connectivity index (χ2n) is 3.70. The molecule has 2 rings (SSSR count). The third-order valence-electron chi connectivity index (χ3n) is 2.41. The van der Waals surface area contributed by atoms with E-state index in [1.807, 2.05) is 0 Å². The van der Waals surface area contributed by atoms with Crippen LogP contribution in [0.4, 0.5) is 8.78 Å². The van der Waals surface area contributed by atoms with Gasteiger partial charge in [0.05, 0.1) is 10.7 Å². The molecule has 0 saturated heterocycles. The van der Waals surface area contributed by atoms with Gasteiger partial charge in [-0.15, -0.1) is 0 Å². The first-order valence-electron chi connectivity index (χ1n) is 5.14. The summed E-state index contributed by atoms with van der Waals surface area (Å²) in [6.45, 7) is 0. The summed E-state index contributed by atoms with van der Waals surface area (Å²) in [4.78, 5) is 15.5. The summed E-state index contributed by atoms with van der Waals surface area (Å²) < 4.78 is 26.4. The quantitative estimate of drug-likeness (QED) is 0.811. The number of hydrogen-bond donors (Lipinski definition) is 0. The van der Waals surface area contributed by atoms with Gasteiger partial charge in [0.1, 0.15) is 11.6 Å². The minimum Gasteiger partial charge on any atom is -0.294 e. The van der Waals surface area contributed by atoms with Crippen LogP contribution in [0.25, 0.3) is 0 Å². The van der Waals surface area contributed by atoms with Crippen LogP contribution >= 0.6 is 15.9 Å². The number of rotatable bonds is 3. The lowest BCUT2D eigenvalue weighted by Gasteiger charge is -2.04. The van der Waals surface area contributed by atoms with Crippen LogP contribution in [0, 0.1) is 11.6 Å². The first-order chi connectivity index (χ1) is 8.58. The van der Waals surface area contributed by atoms with Gasteiger partial charge >= 0.3 is 0 Å². The third-order valence-corrected chi connectivity index (χ3v) is 3.30. The lowest BCUT2D eigenvalue weighted by Crippen LogP contribution is -2.05. The fraction of sp³-hybridized carbons (Fsp3) is 0.0769. The molecule has 0 aliphatic rings. The average molecular weight is 312 g/mol. The van der Waals surface area contributed by atoms with Gasteiger partial charge in [-0.2, -0.15) is 0 Å². The Morgan fingerprint density at radius 3 is 2.78 bits per heavy atom. The standard InChI is InChI=1S/C13H8BrF2NO/c14-13-8(2-1-3-11(13)16)5-12(18)9-4-10(15)7-17-6-9/h1-4,6-7H,5H2. The van der Waals surface area contributed by atoms with Crippen molar-refractivity contribution in [2.75, 3.05) is 0 Å². The van der Waals surface area contributed by atoms with Crippen molar-refractivity contribution in [3.63, 3.8) is 0 Å². The molecule has 0 fully saturated rings. The monoisotopic (exact) mass is 311 g/mol. The molecule has 0 bridgehead atoms. The molecule has 1 aromatic heterocycles. The molecule has 2 aromatic rings. The number of aromatic nitrogens is 1. The molecule has 0 spiro atoms. The van der Waals surface area contributed by atoms with E-state index < -0.39 is 11.6 Å². The van der Waals surface area contributed by atoms with Crippen LogP contribution in [0.1, 0.15) is 15.9 Å². The highest BCUT2D eigenvalue weighted by Crippen LogP contribution is 2.21. The highest BCUT2D eigenvalue weighted by atomic mass is 79.9. The zero-order valence-corrected chi connectivity index (χ0v) is 10.7. The molecule has 0 atom stereocenters. The van der Waals surface area contributed by atoms with E-state index in [0.717, 1.165) is 12.3 Å². The summed E-state index contributed by atoms with van der Waals surface area (Å²) >= 11 is 3.08. The summed E-state index contributed by atoms with van der Waals surface area (Å²) in [5.74, 6) is -1.31. The highest BCUT2D eigenvalue weighted by molar-refractivity contribution is 9.10. The van der Waals surface area contributed by atoms with Crippen molar-refractivity contribution in [1.29, 1.82) is 0 Å². The van der Waals surface area contributed by atoms with Gasteiger partial charge in [-0.3, -0.25) is 9.78 Å². The predicted octanol–water partition coefficient (Wildman–Crippen LogP) is 3.55. The first kappa shape index (κ1) is 12.8. The molecule has 0 aliphatic carbocycles. The molecule has 2 nitrogen and oxygen atoms in total. The number of halogens is 3. The van der Waals surface area contributed by atoms with Gasteiger partial charge in [0.25, 0.3) is 0 Å². The predicted molar refractivity (Wildman–Crippen MR) is 66.3 cm³/mol. The number of benzene rings is 1. The Kier molecular flexibility index (Phi) is 3.81. The summed E-state index contributed by atoms with van der Waals surface area (Å²) in [5.41, 5.74) is 0.690. The number of hydrogen-bond acceptors (Lipinski definition) is 2. The molecule has 0 saturated carbocycles. The third kappa shape index (κ3) is 2.79. The smallest absolute Gasteiger partial charge is 0.168 e. The molecule has 5 heteroatoms. The van der Waals surface area contributed by atoms with Crippen molar-refractivity contribution >= 4 is 21.7 Å². The molecule has 0 aliphatic heterocycles. The first-order valence-corrected chi connectivity index (χ1v) is 5.94. The summed E-state index contributed by atoms with van der Waals surface area (Å²) in [6.07, 6.45) is 2.30. The van der Waals surface area contributed by atoms with Gasteiger partial charge in [-0.1, -0.05) is 12.1 Å². The largest absolute Gasteiger partial charge is 0.294 e. The van der Waals surface area contributed by atoms with E-state index in [1.54, 1.807) is 6.07 Å². The maximum absolute atomic E-state index is 13.3. The summed E-state index contributed by atoms with van der Waals surface area (Å²) in [5, 5.41) is 0. The maximum Gasteiger partial charge on any atom is 0.168 e. The number of nitrogens with zero attached hydrogens (tertiary/aromatic N) is 1. The minimum atomic E-state index is -0.570. The minimum absolute atomic E-state index is 0.0104. The topological polar surface area (TPSA) is 30.0 Å². The SMILES string of the molecule is O=C(Cc1cccc(F)c1Br)c1cncc(F)c1. The van der Waals surface area contributed by atoms with Crippen LogP contribution < -0.4 is 0 Å². The van der Waals surface area contributed by atoms with Crippen LogP contribution in [0.5, 0.6) is 0 Å². The second kappa shape index (κ2) is 5.35. The molecule has 0 unspecified atom stereocenters. The van der Waals surface area contributed by atoms with Crippen LogP contribution in [0.15, 0.2) is 41.1 Å². The number of Topliss-reactive ketones (excluding diaryl/α,β-unsaturated/α-hetero) is 1. The van der Waals surface area contributed by atoms with E-state index in [1.165, 1.54) is 18.3 Å². The Morgan fingerprint density at radius 1 is 1.28 bits per heavy atom. The van der Waals surface area contributed by atoms with Crippen LogP contribution in [0.3, 0.4) is 0 Å². The molecular formula is C13H8BrF2NO. The zero-order chi connectivity index (χ0) is 13.1. The van der Waals surface area contributed by atoms with E-state index in [-0.39, 0.29) is 22.2 Å². The van der Waals surface area contributed by atoms with Crippen molar-refractivity contribution in [3.05, 3.63) is 63.9 Å². The van der Waals surface area contributed by atoms with E-state index in [4.69, 9.17) is 0 Å². The molecule has 0 N–H and O–H groups in total. The summed E-state index contributed by atoms with van der Waals surface area (Å²) in [7, 11) is 0. The Bertz CT molecular complexity index is 601. The second-order valence-corrected chi connectivity index (χ2v) is 4.50. The number of carbonyl (C=O) groups is 1. The summed E-state index contributed by atoms with van der Waals surface area (Å²) in [6, 6.07) is 5.56. The molecule has 92 valence electrons. The molecule has 18 heavy (non-hydrogen) atoms. The van der Waals surface area contributed by atoms with Gasteiger partial charge in [-0.05, 0) is 33.6 Å². The van der Waals surface area contributed by atoms with E-state index in [0.29, 0.717) is 5.56 Å². The number of carbonyl (C=O) groups excluding carboxylic acids is 1. The van der Waals surface area contributed by atoms with E-state index in [2.05, 4.69) is 20.9 Å². The fourth-order valence-corrected chi connectivity index (χ4v) is 1.93. The molecule has 0 amide bonds. The Labute approximate surface area is 111 Å². The van der Waals surface area contributed by atoms with E-state index in [9.17, 15) is 13.6 Å². The van der Waals surface area contributed by atoms with Gasteiger partial charge < -0.3 is 0 Å².